The van der Waals surface area contributed by atoms with Crippen molar-refractivity contribution in [2.45, 2.75) is 19.3 Å². The maximum atomic E-state index is 6.27. The molecule has 0 radical (unpaired) electrons. The van der Waals surface area contributed by atoms with Crippen LogP contribution in [0.5, 0.6) is 0 Å². The molecule has 2 aromatic heterocycles. The normalized spacial score (nSPS) is 17.7. The molecule has 118 valence electrons. The van der Waals surface area contributed by atoms with Crippen LogP contribution < -0.4 is 0 Å². The van der Waals surface area contributed by atoms with Gasteiger partial charge in [-0.25, -0.2) is 0 Å². The van der Waals surface area contributed by atoms with Gasteiger partial charge in [0, 0.05) is 18.1 Å². The molecular weight excluding hydrogens is 318 g/mol. The van der Waals surface area contributed by atoms with Gasteiger partial charge in [0.05, 0.1) is 11.6 Å². The quantitative estimate of drug-likeness (QED) is 0.725. The number of aromatic nitrogens is 3. The zero-order valence-corrected chi connectivity index (χ0v) is 13.2. The third kappa shape index (κ3) is 2.54. The molecule has 7 heteroatoms. The number of ether oxygens (including phenoxy) is 1. The summed E-state index contributed by atoms with van der Waals surface area (Å²) in [5.74, 6) is 1.83. The Bertz CT molecular complexity index is 837. The highest BCUT2D eigenvalue weighted by Gasteiger charge is 2.27. The van der Waals surface area contributed by atoms with Gasteiger partial charge in [0.2, 0.25) is 0 Å². The lowest BCUT2D eigenvalue weighted by Gasteiger charge is -2.01. The molecule has 23 heavy (non-hydrogen) atoms. The van der Waals surface area contributed by atoms with Crippen LogP contribution in [0, 0.1) is 6.92 Å². The van der Waals surface area contributed by atoms with E-state index in [0.29, 0.717) is 40.4 Å². The summed E-state index contributed by atoms with van der Waals surface area (Å²) in [6, 6.07) is 7.44. The van der Waals surface area contributed by atoms with Gasteiger partial charge in [-0.3, -0.25) is 0 Å². The highest BCUT2D eigenvalue weighted by Crippen LogP contribution is 2.37. The molecule has 3 aromatic rings. The zero-order chi connectivity index (χ0) is 15.8. The largest absolute Gasteiger partial charge is 0.381 e. The summed E-state index contributed by atoms with van der Waals surface area (Å²) >= 11 is 6.27. The number of halogens is 1. The van der Waals surface area contributed by atoms with Crippen molar-refractivity contribution in [2.24, 2.45) is 0 Å². The molecule has 1 aliphatic rings. The second kappa shape index (κ2) is 5.79. The van der Waals surface area contributed by atoms with Crippen molar-refractivity contribution in [3.8, 4) is 22.7 Å². The molecule has 1 aliphatic heterocycles. The number of benzene rings is 1. The highest BCUT2D eigenvalue weighted by atomic mass is 35.5. The Labute approximate surface area is 137 Å². The van der Waals surface area contributed by atoms with Gasteiger partial charge in [-0.2, -0.15) is 4.98 Å². The summed E-state index contributed by atoms with van der Waals surface area (Å²) in [5, 5.41) is 8.79. The Morgan fingerprint density at radius 3 is 2.83 bits per heavy atom. The van der Waals surface area contributed by atoms with E-state index in [0.717, 1.165) is 18.6 Å². The molecule has 0 amide bonds. The van der Waals surface area contributed by atoms with Gasteiger partial charge in [-0.05, 0) is 19.4 Å². The molecule has 1 saturated heterocycles. The molecule has 0 bridgehead atoms. The van der Waals surface area contributed by atoms with Crippen molar-refractivity contribution in [2.75, 3.05) is 13.2 Å². The summed E-state index contributed by atoms with van der Waals surface area (Å²) in [6.07, 6.45) is 0.902. The Kier molecular flexibility index (Phi) is 3.63. The van der Waals surface area contributed by atoms with Gasteiger partial charge in [-0.15, -0.1) is 0 Å². The van der Waals surface area contributed by atoms with E-state index in [-0.39, 0.29) is 5.92 Å². The molecule has 0 aliphatic carbocycles. The van der Waals surface area contributed by atoms with Crippen LogP contribution in [-0.4, -0.2) is 28.5 Å². The second-order valence-electron chi connectivity index (χ2n) is 5.46. The summed E-state index contributed by atoms with van der Waals surface area (Å²) in [5.41, 5.74) is 2.05. The number of nitrogens with zero attached hydrogens (tertiary/aromatic N) is 3. The average molecular weight is 332 g/mol. The van der Waals surface area contributed by atoms with Gasteiger partial charge in [0.15, 0.2) is 5.82 Å². The van der Waals surface area contributed by atoms with Crippen LogP contribution in [-0.2, 0) is 4.74 Å². The van der Waals surface area contributed by atoms with Crippen LogP contribution in [0.2, 0.25) is 5.02 Å². The fourth-order valence-corrected chi connectivity index (χ4v) is 2.93. The van der Waals surface area contributed by atoms with Crippen molar-refractivity contribution in [1.82, 2.24) is 15.3 Å². The SMILES string of the molecule is Cc1onc(-c2ccccc2Cl)c1-c1nc([C@H]2CCOC2)no1. The molecule has 1 atom stereocenters. The molecular formula is C16H14ClN3O3. The predicted molar refractivity (Wildman–Crippen MR) is 83.2 cm³/mol. The van der Waals surface area contributed by atoms with Gasteiger partial charge < -0.3 is 13.8 Å². The van der Waals surface area contributed by atoms with E-state index in [4.69, 9.17) is 25.4 Å². The average Bonchev–Trinajstić information content (AvgIpc) is 3.27. The summed E-state index contributed by atoms with van der Waals surface area (Å²) in [6.45, 7) is 3.16. The standard InChI is InChI=1S/C16H14ClN3O3/c1-9-13(14(19-22-9)11-4-2-3-5-12(11)17)16-18-15(20-23-16)10-6-7-21-8-10/h2-5,10H,6-8H2,1H3/t10-/m0/s1. The smallest absolute Gasteiger partial charge is 0.263 e. The minimum Gasteiger partial charge on any atom is -0.381 e. The lowest BCUT2D eigenvalue weighted by atomic mass is 10.1. The van der Waals surface area contributed by atoms with E-state index in [1.807, 2.05) is 25.1 Å². The number of aryl methyl sites for hydroxylation is 1. The van der Waals surface area contributed by atoms with Crippen molar-refractivity contribution < 1.29 is 13.8 Å². The van der Waals surface area contributed by atoms with Gasteiger partial charge in [-0.1, -0.05) is 40.1 Å². The van der Waals surface area contributed by atoms with Gasteiger partial charge >= 0.3 is 0 Å². The monoisotopic (exact) mass is 331 g/mol. The van der Waals surface area contributed by atoms with Crippen molar-refractivity contribution in [3.63, 3.8) is 0 Å². The Balaban J connectivity index is 1.78. The Hall–Kier alpha value is -2.18. The third-order valence-corrected chi connectivity index (χ3v) is 4.27. The van der Waals surface area contributed by atoms with Crippen molar-refractivity contribution in [1.29, 1.82) is 0 Å². The molecule has 3 heterocycles. The first-order valence-corrected chi connectivity index (χ1v) is 7.74. The third-order valence-electron chi connectivity index (χ3n) is 3.94. The van der Waals surface area contributed by atoms with E-state index in [2.05, 4.69) is 15.3 Å². The lowest BCUT2D eigenvalue weighted by Crippen LogP contribution is -1.99. The van der Waals surface area contributed by atoms with Gasteiger partial charge in [0.25, 0.3) is 5.89 Å². The Morgan fingerprint density at radius 1 is 1.17 bits per heavy atom. The van der Waals surface area contributed by atoms with E-state index in [9.17, 15) is 0 Å². The topological polar surface area (TPSA) is 74.2 Å². The molecule has 0 N–H and O–H groups in total. The molecule has 1 fully saturated rings. The first-order valence-electron chi connectivity index (χ1n) is 7.37. The molecule has 0 saturated carbocycles. The Morgan fingerprint density at radius 2 is 2.04 bits per heavy atom. The molecule has 4 rings (SSSR count). The fraction of sp³-hybridized carbons (Fsp3) is 0.312. The predicted octanol–water partition coefficient (Wildman–Crippen LogP) is 3.86. The summed E-state index contributed by atoms with van der Waals surface area (Å²) < 4.78 is 16.2. The lowest BCUT2D eigenvalue weighted by molar-refractivity contribution is 0.192. The minimum absolute atomic E-state index is 0.177. The van der Waals surface area contributed by atoms with Crippen LogP contribution in [0.3, 0.4) is 0 Å². The molecule has 0 unspecified atom stereocenters. The second-order valence-corrected chi connectivity index (χ2v) is 5.87. The van der Waals surface area contributed by atoms with Crippen molar-refractivity contribution in [3.05, 3.63) is 40.9 Å². The van der Waals surface area contributed by atoms with Crippen LogP contribution in [0.1, 0.15) is 23.9 Å². The van der Waals surface area contributed by atoms with E-state index in [1.165, 1.54) is 0 Å². The molecule has 6 nitrogen and oxygen atoms in total. The van der Waals surface area contributed by atoms with E-state index >= 15 is 0 Å². The first-order chi connectivity index (χ1) is 11.2. The maximum Gasteiger partial charge on any atom is 0.263 e. The minimum atomic E-state index is 0.177. The molecule has 1 aromatic carbocycles. The van der Waals surface area contributed by atoms with Crippen LogP contribution in [0.15, 0.2) is 33.3 Å². The summed E-state index contributed by atoms with van der Waals surface area (Å²) in [7, 11) is 0. The van der Waals surface area contributed by atoms with E-state index < -0.39 is 0 Å². The van der Waals surface area contributed by atoms with Crippen LogP contribution >= 0.6 is 11.6 Å². The number of hydrogen-bond donors (Lipinski definition) is 0. The van der Waals surface area contributed by atoms with E-state index in [1.54, 1.807) is 6.07 Å². The van der Waals surface area contributed by atoms with Gasteiger partial charge in [0.1, 0.15) is 17.0 Å². The van der Waals surface area contributed by atoms with Crippen LogP contribution in [0.4, 0.5) is 0 Å². The number of rotatable bonds is 3. The number of hydrogen-bond acceptors (Lipinski definition) is 6. The van der Waals surface area contributed by atoms with Crippen LogP contribution in [0.25, 0.3) is 22.7 Å². The first kappa shape index (κ1) is 14.4. The highest BCUT2D eigenvalue weighted by molar-refractivity contribution is 6.33. The maximum absolute atomic E-state index is 6.27. The summed E-state index contributed by atoms with van der Waals surface area (Å²) in [4.78, 5) is 4.51. The fourth-order valence-electron chi connectivity index (χ4n) is 2.70. The van der Waals surface area contributed by atoms with Crippen molar-refractivity contribution >= 4 is 11.6 Å². The zero-order valence-electron chi connectivity index (χ0n) is 12.5. The molecule has 0 spiro atoms.